The third-order valence-corrected chi connectivity index (χ3v) is 3.33. The van der Waals surface area contributed by atoms with Crippen LogP contribution in [0.5, 0.6) is 5.75 Å². The smallest absolute Gasteiger partial charge is 0.280 e. The molecule has 24 heavy (non-hydrogen) atoms. The first-order valence-corrected chi connectivity index (χ1v) is 7.36. The molecule has 2 aromatic rings. The number of anilines is 1. The fraction of sp³-hybridized carbons (Fsp3) is 0.167. The second kappa shape index (κ2) is 7.79. The molecular formula is C18H18N4O2. The van der Waals surface area contributed by atoms with Gasteiger partial charge >= 0.3 is 0 Å². The second-order valence-electron chi connectivity index (χ2n) is 5.19. The van der Waals surface area contributed by atoms with E-state index in [1.54, 1.807) is 50.2 Å². The second-order valence-corrected chi connectivity index (χ2v) is 5.19. The van der Waals surface area contributed by atoms with Gasteiger partial charge in [-0.3, -0.25) is 4.79 Å². The number of nitriles is 1. The molecule has 2 rings (SSSR count). The normalized spacial score (nSPS) is 12.1. The lowest BCUT2D eigenvalue weighted by Crippen LogP contribution is -2.33. The Kier molecular flexibility index (Phi) is 5.53. The van der Waals surface area contributed by atoms with E-state index in [9.17, 15) is 4.79 Å². The highest BCUT2D eigenvalue weighted by atomic mass is 16.5. The van der Waals surface area contributed by atoms with Gasteiger partial charge in [-0.25, -0.2) is 5.43 Å². The highest BCUT2D eigenvalue weighted by Crippen LogP contribution is 2.13. The Balaban J connectivity index is 1.94. The van der Waals surface area contributed by atoms with Crippen LogP contribution >= 0.6 is 0 Å². The number of hydrazone groups is 1. The minimum Gasteiger partial charge on any atom is -0.481 e. The van der Waals surface area contributed by atoms with Gasteiger partial charge in [-0.15, -0.1) is 0 Å². The predicted octanol–water partition coefficient (Wildman–Crippen LogP) is 2.45. The lowest BCUT2D eigenvalue weighted by Gasteiger charge is -2.13. The number of carbonyl (C=O) groups is 1. The molecule has 122 valence electrons. The minimum atomic E-state index is -0.721. The van der Waals surface area contributed by atoms with Gasteiger partial charge in [0.25, 0.3) is 5.91 Å². The number of hydrogen-bond acceptors (Lipinski definition) is 5. The number of amides is 1. The molecule has 0 spiro atoms. The average Bonchev–Trinajstić information content (AvgIpc) is 2.60. The molecule has 0 unspecified atom stereocenters. The fourth-order valence-corrected chi connectivity index (χ4v) is 1.88. The molecule has 0 aromatic heterocycles. The standard InChI is InChI=1S/C18H18N4O2/c1-12(15-5-7-16(20)8-6-15)21-22-18(23)13(2)24-17-9-3-14(11-19)4-10-17/h3-10,13H,20H2,1-2H3,(H,22,23)/b21-12-/t13-/m1/s1. The number of hydrogen-bond donors (Lipinski definition) is 2. The molecule has 0 bridgehead atoms. The number of ether oxygens (including phenoxy) is 1. The van der Waals surface area contributed by atoms with Gasteiger partial charge in [0.05, 0.1) is 17.3 Å². The Morgan fingerprint density at radius 3 is 2.42 bits per heavy atom. The number of benzene rings is 2. The first-order chi connectivity index (χ1) is 11.5. The lowest BCUT2D eigenvalue weighted by atomic mass is 10.1. The van der Waals surface area contributed by atoms with E-state index < -0.39 is 6.10 Å². The molecule has 1 amide bonds. The van der Waals surface area contributed by atoms with Crippen LogP contribution in [0.3, 0.4) is 0 Å². The molecule has 6 nitrogen and oxygen atoms in total. The summed E-state index contributed by atoms with van der Waals surface area (Å²) < 4.78 is 5.52. The monoisotopic (exact) mass is 322 g/mol. The largest absolute Gasteiger partial charge is 0.481 e. The molecule has 0 fully saturated rings. The SMILES string of the molecule is C/C(=N/NC(=O)[C@@H](C)Oc1ccc(C#N)cc1)c1ccc(N)cc1. The van der Waals surface area contributed by atoms with Crippen molar-refractivity contribution in [1.29, 1.82) is 5.26 Å². The highest BCUT2D eigenvalue weighted by molar-refractivity contribution is 5.99. The summed E-state index contributed by atoms with van der Waals surface area (Å²) in [5, 5.41) is 12.8. The quantitative estimate of drug-likeness (QED) is 0.501. The summed E-state index contributed by atoms with van der Waals surface area (Å²) in [6, 6.07) is 15.8. The Morgan fingerprint density at radius 1 is 1.21 bits per heavy atom. The van der Waals surface area contributed by atoms with Crippen LogP contribution in [-0.4, -0.2) is 17.7 Å². The van der Waals surface area contributed by atoms with Crippen molar-refractivity contribution < 1.29 is 9.53 Å². The van der Waals surface area contributed by atoms with Crippen molar-refractivity contribution in [2.75, 3.05) is 5.73 Å². The van der Waals surface area contributed by atoms with Gasteiger partial charge in [0, 0.05) is 5.69 Å². The molecule has 0 saturated heterocycles. The Hall–Kier alpha value is -3.33. The van der Waals surface area contributed by atoms with Crippen molar-refractivity contribution in [3.8, 4) is 11.8 Å². The van der Waals surface area contributed by atoms with Gasteiger partial charge in [0.1, 0.15) is 5.75 Å². The van der Waals surface area contributed by atoms with Crippen molar-refractivity contribution in [3.05, 3.63) is 59.7 Å². The third-order valence-electron chi connectivity index (χ3n) is 3.33. The van der Waals surface area contributed by atoms with Gasteiger partial charge in [-0.05, 0) is 55.8 Å². The summed E-state index contributed by atoms with van der Waals surface area (Å²) in [6.07, 6.45) is -0.721. The molecule has 3 N–H and O–H groups in total. The summed E-state index contributed by atoms with van der Waals surface area (Å²) in [6.45, 7) is 3.42. The van der Waals surface area contributed by atoms with Crippen LogP contribution in [0.15, 0.2) is 53.6 Å². The van der Waals surface area contributed by atoms with Crippen molar-refractivity contribution in [2.24, 2.45) is 5.10 Å². The van der Waals surface area contributed by atoms with Crippen LogP contribution in [0.1, 0.15) is 25.0 Å². The highest BCUT2D eigenvalue weighted by Gasteiger charge is 2.14. The predicted molar refractivity (Wildman–Crippen MR) is 92.5 cm³/mol. The van der Waals surface area contributed by atoms with Gasteiger partial charge in [-0.1, -0.05) is 12.1 Å². The maximum atomic E-state index is 12.0. The van der Waals surface area contributed by atoms with E-state index in [2.05, 4.69) is 10.5 Å². The molecule has 0 aliphatic heterocycles. The van der Waals surface area contributed by atoms with Crippen molar-refractivity contribution in [2.45, 2.75) is 20.0 Å². The van der Waals surface area contributed by atoms with Gasteiger partial charge in [0.2, 0.25) is 0 Å². The van der Waals surface area contributed by atoms with Gasteiger partial charge in [-0.2, -0.15) is 10.4 Å². The van der Waals surface area contributed by atoms with E-state index in [0.29, 0.717) is 22.7 Å². The summed E-state index contributed by atoms with van der Waals surface area (Å²) in [4.78, 5) is 12.0. The molecule has 0 heterocycles. The van der Waals surface area contributed by atoms with E-state index in [4.69, 9.17) is 15.7 Å². The summed E-state index contributed by atoms with van der Waals surface area (Å²) in [7, 11) is 0. The van der Waals surface area contributed by atoms with Crippen molar-refractivity contribution in [3.63, 3.8) is 0 Å². The van der Waals surface area contributed by atoms with Crippen LogP contribution in [0.25, 0.3) is 0 Å². The first-order valence-electron chi connectivity index (χ1n) is 7.36. The van der Waals surface area contributed by atoms with E-state index >= 15 is 0 Å². The van der Waals surface area contributed by atoms with Gasteiger partial charge < -0.3 is 10.5 Å². The number of carbonyl (C=O) groups excluding carboxylic acids is 1. The molecule has 0 aliphatic rings. The van der Waals surface area contributed by atoms with Gasteiger partial charge in [0.15, 0.2) is 6.10 Å². The summed E-state index contributed by atoms with van der Waals surface area (Å²) >= 11 is 0. The fourth-order valence-electron chi connectivity index (χ4n) is 1.88. The molecule has 2 aromatic carbocycles. The number of rotatable bonds is 5. The summed E-state index contributed by atoms with van der Waals surface area (Å²) in [5.74, 6) is 0.144. The van der Waals surface area contributed by atoms with Crippen LogP contribution in [-0.2, 0) is 4.79 Å². The van der Waals surface area contributed by atoms with Crippen LogP contribution in [0.2, 0.25) is 0 Å². The maximum absolute atomic E-state index is 12.0. The number of nitrogens with one attached hydrogen (secondary N) is 1. The van der Waals surface area contributed by atoms with E-state index in [1.807, 2.05) is 18.2 Å². The van der Waals surface area contributed by atoms with Crippen LogP contribution < -0.4 is 15.9 Å². The Bertz CT molecular complexity index is 774. The number of nitrogens with zero attached hydrogens (tertiary/aromatic N) is 2. The first kappa shape index (κ1) is 17.0. The molecule has 0 aliphatic carbocycles. The molecular weight excluding hydrogens is 304 g/mol. The number of nitrogens with two attached hydrogens (primary N) is 1. The molecule has 1 atom stereocenters. The zero-order valence-corrected chi connectivity index (χ0v) is 13.5. The van der Waals surface area contributed by atoms with E-state index in [1.165, 1.54) is 0 Å². The molecule has 0 saturated carbocycles. The van der Waals surface area contributed by atoms with Crippen molar-refractivity contribution >= 4 is 17.3 Å². The Labute approximate surface area is 140 Å². The zero-order chi connectivity index (χ0) is 17.5. The average molecular weight is 322 g/mol. The topological polar surface area (TPSA) is 100 Å². The molecule has 6 heteroatoms. The lowest BCUT2D eigenvalue weighted by molar-refractivity contribution is -0.127. The van der Waals surface area contributed by atoms with Crippen molar-refractivity contribution in [1.82, 2.24) is 5.43 Å². The van der Waals surface area contributed by atoms with Crippen LogP contribution in [0.4, 0.5) is 5.69 Å². The van der Waals surface area contributed by atoms with E-state index in [0.717, 1.165) is 5.56 Å². The Morgan fingerprint density at radius 2 is 1.83 bits per heavy atom. The zero-order valence-electron chi connectivity index (χ0n) is 13.5. The third kappa shape index (κ3) is 4.58. The van der Waals surface area contributed by atoms with E-state index in [-0.39, 0.29) is 5.91 Å². The number of nitrogen functional groups attached to an aromatic ring is 1. The summed E-state index contributed by atoms with van der Waals surface area (Å²) in [5.41, 5.74) is 10.8. The molecule has 0 radical (unpaired) electrons. The maximum Gasteiger partial charge on any atom is 0.280 e. The minimum absolute atomic E-state index is 0.367. The van der Waals surface area contributed by atoms with Crippen LogP contribution in [0, 0.1) is 11.3 Å².